The molecule has 7 heterocycles. The summed E-state index contributed by atoms with van der Waals surface area (Å²) in [6, 6.07) is 80.3. The van der Waals surface area contributed by atoms with Gasteiger partial charge in [-0.25, -0.2) is 0 Å². The molecule has 0 saturated carbocycles. The van der Waals surface area contributed by atoms with Crippen molar-refractivity contribution < 1.29 is 0 Å². The molecule has 6 heteroatoms. The number of benzene rings is 11. The number of aromatic nitrogens is 5. The van der Waals surface area contributed by atoms with Gasteiger partial charge in [0.1, 0.15) is 0 Å². The van der Waals surface area contributed by atoms with Crippen LogP contribution < -0.4 is 16.4 Å². The van der Waals surface area contributed by atoms with E-state index < -0.39 is 0 Å². The maximum Gasteiger partial charge on any atom is 0.252 e. The molecular weight excluding hydrogens is 1070 g/mol. The van der Waals surface area contributed by atoms with E-state index in [1.165, 1.54) is 148 Å². The van der Waals surface area contributed by atoms with E-state index in [9.17, 15) is 0 Å². The van der Waals surface area contributed by atoms with E-state index in [1.807, 2.05) is 0 Å². The fourth-order valence-electron chi connectivity index (χ4n) is 16.0. The van der Waals surface area contributed by atoms with Gasteiger partial charge in [0.15, 0.2) is 0 Å². The first-order chi connectivity index (χ1) is 42.2. The molecule has 2 aliphatic rings. The third-order valence-electron chi connectivity index (χ3n) is 20.4. The van der Waals surface area contributed by atoms with Gasteiger partial charge in [-0.2, -0.15) is 0 Å². The second-order valence-electron chi connectivity index (χ2n) is 29.8. The molecule has 426 valence electrons. The van der Waals surface area contributed by atoms with E-state index in [-0.39, 0.29) is 28.4 Å². The molecule has 0 atom stereocenters. The smallest absolute Gasteiger partial charge is 0.252 e. The van der Waals surface area contributed by atoms with E-state index in [1.54, 1.807) is 0 Å². The molecule has 2 aliphatic heterocycles. The largest absolute Gasteiger partial charge is 0.310 e. The van der Waals surface area contributed by atoms with Crippen LogP contribution >= 0.6 is 0 Å². The average molecular weight is 1140 g/mol. The summed E-state index contributed by atoms with van der Waals surface area (Å²) in [6.07, 6.45) is 0. The molecule has 88 heavy (non-hydrogen) atoms. The average Bonchev–Trinajstić information content (AvgIpc) is 1.44. The Kier molecular flexibility index (Phi) is 10.1. The number of para-hydroxylation sites is 6. The highest BCUT2D eigenvalue weighted by Gasteiger charge is 2.43. The van der Waals surface area contributed by atoms with Gasteiger partial charge in [-0.1, -0.05) is 204 Å². The van der Waals surface area contributed by atoms with Crippen molar-refractivity contribution in [2.45, 2.75) is 105 Å². The summed E-state index contributed by atoms with van der Waals surface area (Å²) in [7, 11) is 0. The highest BCUT2D eigenvalue weighted by atomic mass is 15.1. The van der Waals surface area contributed by atoms with Crippen LogP contribution in [0.15, 0.2) is 206 Å². The van der Waals surface area contributed by atoms with Gasteiger partial charge >= 0.3 is 0 Å². The topological polar surface area (TPSA) is 24.6 Å². The van der Waals surface area contributed by atoms with E-state index in [0.717, 1.165) is 28.1 Å². The van der Waals surface area contributed by atoms with Crippen molar-refractivity contribution in [2.24, 2.45) is 0 Å². The predicted molar refractivity (Wildman–Crippen MR) is 378 cm³/mol. The third-order valence-corrected chi connectivity index (χ3v) is 20.4. The van der Waals surface area contributed by atoms with Gasteiger partial charge in [-0.15, -0.1) is 0 Å². The molecular formula is C82H70BN5. The zero-order chi connectivity index (χ0) is 60.0. The van der Waals surface area contributed by atoms with Crippen LogP contribution in [0.5, 0.6) is 0 Å². The Bertz CT molecular complexity index is 5340. The standard InChI is InChI=1S/C82H70BN5/c1-79(2,3)47-35-37-68-58(39-47)60-41-49(81(7,8)9)43-62-75(60)87(68)72-45-51(46-73-74(72)83(62)63-44-50(82(10,11)12)42-61-59-40-48(80(4,5)6)36-38-69(59)88(73)76(61)63)84-77-56(27-21-33-70(77)85-64-29-17-13-23-52(64)53-24-14-18-30-65(53)85)57-28-22-34-71(78(57)84)86-66-31-19-15-25-54(66)55-26-16-20-32-67(55)86/h13-46H,1-12H3. The zero-order valence-corrected chi connectivity index (χ0v) is 52.4. The Hall–Kier alpha value is -9.52. The minimum atomic E-state index is -0.109. The second-order valence-corrected chi connectivity index (χ2v) is 29.8. The number of nitrogens with zero attached hydrogens (tertiary/aromatic N) is 5. The Morgan fingerprint density at radius 3 is 0.932 bits per heavy atom. The molecule has 0 aliphatic carbocycles. The first-order valence-corrected chi connectivity index (χ1v) is 31.7. The molecule has 0 amide bonds. The number of fused-ring (bicyclic) bond motifs is 19. The van der Waals surface area contributed by atoms with Crippen molar-refractivity contribution in [3.8, 4) is 28.4 Å². The summed E-state index contributed by atoms with van der Waals surface area (Å²) in [6.45, 7) is 28.4. The summed E-state index contributed by atoms with van der Waals surface area (Å²) >= 11 is 0. The lowest BCUT2D eigenvalue weighted by atomic mass is 9.34. The Balaban J connectivity index is 1.08. The van der Waals surface area contributed by atoms with Crippen LogP contribution in [0.1, 0.15) is 105 Å². The molecule has 5 aromatic heterocycles. The zero-order valence-electron chi connectivity index (χ0n) is 52.4. The SMILES string of the molecule is CC(C)(C)c1ccc2c(c1)c1cc(C(C)(C)C)cc3c1n2-c1cc(-n2c4c(-n5c6ccccc6c6ccccc65)cccc4c4cccc(-n5c6ccccc6c6ccccc65)c42)cc2c1B3c1cc(C(C)(C)C)cc3c4cc(C(C)(C)C)ccc4n-2c13. The monoisotopic (exact) mass is 1140 g/mol. The van der Waals surface area contributed by atoms with Gasteiger partial charge in [0.2, 0.25) is 0 Å². The molecule has 0 unspecified atom stereocenters. The first-order valence-electron chi connectivity index (χ1n) is 31.7. The van der Waals surface area contributed by atoms with Gasteiger partial charge in [0, 0.05) is 76.3 Å². The lowest BCUT2D eigenvalue weighted by Gasteiger charge is -2.36. The lowest BCUT2D eigenvalue weighted by Crippen LogP contribution is -2.59. The fraction of sp³-hybridized carbons (Fsp3) is 0.195. The van der Waals surface area contributed by atoms with Crippen molar-refractivity contribution >= 4 is 132 Å². The van der Waals surface area contributed by atoms with Crippen molar-refractivity contribution in [1.29, 1.82) is 0 Å². The van der Waals surface area contributed by atoms with Crippen LogP contribution in [0.3, 0.4) is 0 Å². The third kappa shape index (κ3) is 6.84. The number of rotatable bonds is 3. The Morgan fingerprint density at radius 2 is 0.568 bits per heavy atom. The normalized spacial score (nSPS) is 13.7. The molecule has 0 fully saturated rings. The van der Waals surface area contributed by atoms with Gasteiger partial charge in [-0.3, -0.25) is 0 Å². The molecule has 0 bridgehead atoms. The van der Waals surface area contributed by atoms with Crippen LogP contribution in [0.25, 0.3) is 137 Å². The minimum absolute atomic E-state index is 0.0495. The Labute approximate surface area is 513 Å². The molecule has 5 nitrogen and oxygen atoms in total. The maximum absolute atomic E-state index is 2.70. The Morgan fingerprint density at radius 1 is 0.239 bits per heavy atom. The van der Waals surface area contributed by atoms with Gasteiger partial charge in [-0.05, 0) is 145 Å². The van der Waals surface area contributed by atoms with Crippen molar-refractivity contribution in [3.05, 3.63) is 229 Å². The van der Waals surface area contributed by atoms with Crippen molar-refractivity contribution in [2.75, 3.05) is 0 Å². The molecule has 11 aromatic carbocycles. The summed E-state index contributed by atoms with van der Waals surface area (Å²) in [4.78, 5) is 0. The highest BCUT2D eigenvalue weighted by Crippen LogP contribution is 2.48. The van der Waals surface area contributed by atoms with Crippen LogP contribution in [-0.2, 0) is 21.7 Å². The first kappa shape index (κ1) is 51.7. The lowest BCUT2D eigenvalue weighted by molar-refractivity contribution is 0.590. The van der Waals surface area contributed by atoms with Gasteiger partial charge in [0.05, 0.1) is 61.2 Å². The van der Waals surface area contributed by atoms with Crippen LogP contribution in [0.4, 0.5) is 0 Å². The van der Waals surface area contributed by atoms with E-state index in [0.29, 0.717) is 0 Å². The van der Waals surface area contributed by atoms with Crippen molar-refractivity contribution in [1.82, 2.24) is 22.8 Å². The van der Waals surface area contributed by atoms with Crippen LogP contribution in [0.2, 0.25) is 0 Å². The summed E-state index contributed by atoms with van der Waals surface area (Å²) in [5.74, 6) is 0. The summed E-state index contributed by atoms with van der Waals surface area (Å²) in [5, 5.41) is 12.6. The van der Waals surface area contributed by atoms with Gasteiger partial charge < -0.3 is 22.8 Å². The highest BCUT2D eigenvalue weighted by molar-refractivity contribution is 7.00. The molecule has 16 aromatic rings. The van der Waals surface area contributed by atoms with Crippen LogP contribution in [0, 0.1) is 0 Å². The fourth-order valence-corrected chi connectivity index (χ4v) is 16.0. The predicted octanol–water partition coefficient (Wildman–Crippen LogP) is 19.5. The number of hydrogen-bond donors (Lipinski definition) is 0. The maximum atomic E-state index is 2.70. The van der Waals surface area contributed by atoms with E-state index in [2.05, 4.69) is 312 Å². The van der Waals surface area contributed by atoms with Crippen LogP contribution in [-0.4, -0.2) is 29.5 Å². The summed E-state index contributed by atoms with van der Waals surface area (Å²) < 4.78 is 13.2. The van der Waals surface area contributed by atoms with E-state index in [4.69, 9.17) is 0 Å². The molecule has 0 radical (unpaired) electrons. The quantitative estimate of drug-likeness (QED) is 0.158. The molecule has 0 saturated heterocycles. The molecule has 0 N–H and O–H groups in total. The summed E-state index contributed by atoms with van der Waals surface area (Å²) in [5.41, 5.74) is 27.2. The minimum Gasteiger partial charge on any atom is -0.310 e. The molecule has 18 rings (SSSR count). The number of hydrogen-bond acceptors (Lipinski definition) is 0. The molecule has 0 spiro atoms. The van der Waals surface area contributed by atoms with Gasteiger partial charge in [0.25, 0.3) is 6.71 Å². The second kappa shape index (κ2) is 17.2. The van der Waals surface area contributed by atoms with E-state index >= 15 is 0 Å². The van der Waals surface area contributed by atoms with Crippen molar-refractivity contribution in [3.63, 3.8) is 0 Å².